The van der Waals surface area contributed by atoms with Crippen LogP contribution in [0.2, 0.25) is 0 Å². The zero-order valence-electron chi connectivity index (χ0n) is 7.95. The van der Waals surface area contributed by atoms with Crippen LogP contribution in [-0.2, 0) is 16.8 Å². The number of ketones is 1. The smallest absolute Gasteiger partial charge is 0.143 e. The van der Waals surface area contributed by atoms with E-state index in [1.807, 2.05) is 11.6 Å². The minimum absolute atomic E-state index is 0.218. The molecular weight excluding hydrogens is 166 g/mol. The van der Waals surface area contributed by atoms with Crippen LogP contribution in [0.25, 0.3) is 0 Å². The zero-order valence-corrected chi connectivity index (χ0v) is 7.95. The van der Waals surface area contributed by atoms with Crippen molar-refractivity contribution in [1.29, 1.82) is 0 Å². The number of carbonyl (C=O) groups is 1. The van der Waals surface area contributed by atoms with Crippen molar-refractivity contribution in [1.82, 2.24) is 14.8 Å². The highest BCUT2D eigenvalue weighted by atomic mass is 16.1. The quantitative estimate of drug-likeness (QED) is 0.693. The zero-order chi connectivity index (χ0) is 9.47. The second-order valence-electron chi connectivity index (χ2n) is 3.54. The summed E-state index contributed by atoms with van der Waals surface area (Å²) in [5.74, 6) is 1.07. The largest absolute Gasteiger partial charge is 0.299 e. The number of rotatable bonds is 3. The Morgan fingerprint density at radius 2 is 2.38 bits per heavy atom. The topological polar surface area (TPSA) is 47.8 Å². The van der Waals surface area contributed by atoms with Crippen molar-refractivity contribution >= 4 is 5.78 Å². The Morgan fingerprint density at radius 3 is 2.85 bits per heavy atom. The molecule has 0 unspecified atom stereocenters. The van der Waals surface area contributed by atoms with Gasteiger partial charge in [0.25, 0.3) is 0 Å². The van der Waals surface area contributed by atoms with E-state index in [0.717, 1.165) is 25.2 Å². The molecule has 4 nitrogen and oxygen atoms in total. The second-order valence-corrected chi connectivity index (χ2v) is 3.54. The number of aromatic nitrogens is 3. The molecule has 1 heterocycles. The molecule has 0 saturated heterocycles. The first-order valence-electron chi connectivity index (χ1n) is 4.60. The molecule has 0 bridgehead atoms. The molecule has 0 atom stereocenters. The fraction of sp³-hybridized carbons (Fsp3) is 0.667. The summed E-state index contributed by atoms with van der Waals surface area (Å²) >= 11 is 0. The van der Waals surface area contributed by atoms with Crippen LogP contribution in [0.15, 0.2) is 6.33 Å². The molecule has 1 aromatic rings. The molecule has 1 aromatic heterocycles. The lowest BCUT2D eigenvalue weighted by molar-refractivity contribution is -0.119. The van der Waals surface area contributed by atoms with Gasteiger partial charge in [-0.05, 0) is 26.7 Å². The molecule has 1 saturated carbocycles. The molecule has 0 aliphatic heterocycles. The van der Waals surface area contributed by atoms with Crippen molar-refractivity contribution in [2.24, 2.45) is 0 Å². The minimum atomic E-state index is -0.285. The second kappa shape index (κ2) is 2.65. The first-order chi connectivity index (χ1) is 6.20. The number of carbonyl (C=O) groups excluding carboxylic acids is 1. The number of hydrogen-bond donors (Lipinski definition) is 0. The molecule has 0 amide bonds. The van der Waals surface area contributed by atoms with Crippen molar-refractivity contribution in [2.45, 2.75) is 38.6 Å². The Labute approximate surface area is 77.0 Å². The first-order valence-corrected chi connectivity index (χ1v) is 4.60. The maximum atomic E-state index is 11.4. The lowest BCUT2D eigenvalue weighted by Gasteiger charge is -2.10. The SMILES string of the molecule is CCn1ncnc1C1(C(C)=O)CC1. The van der Waals surface area contributed by atoms with Gasteiger partial charge < -0.3 is 0 Å². The predicted octanol–water partition coefficient (Wildman–Crippen LogP) is 0.919. The standard InChI is InChI=1S/C9H13N3O/c1-3-12-8(10-6-11-12)9(4-5-9)7(2)13/h6H,3-5H2,1-2H3. The van der Waals surface area contributed by atoms with Gasteiger partial charge in [-0.15, -0.1) is 0 Å². The number of hydrogen-bond acceptors (Lipinski definition) is 3. The Hall–Kier alpha value is -1.19. The molecular formula is C9H13N3O. The fourth-order valence-corrected chi connectivity index (χ4v) is 1.72. The van der Waals surface area contributed by atoms with Crippen LogP contribution in [0.3, 0.4) is 0 Å². The van der Waals surface area contributed by atoms with Gasteiger partial charge in [0.05, 0.1) is 5.41 Å². The summed E-state index contributed by atoms with van der Waals surface area (Å²) < 4.78 is 1.81. The van der Waals surface area contributed by atoms with Gasteiger partial charge in [0, 0.05) is 6.54 Å². The van der Waals surface area contributed by atoms with E-state index < -0.39 is 0 Å². The summed E-state index contributed by atoms with van der Waals surface area (Å²) in [5.41, 5.74) is -0.285. The van der Waals surface area contributed by atoms with E-state index in [9.17, 15) is 4.79 Å². The predicted molar refractivity (Wildman–Crippen MR) is 47.3 cm³/mol. The summed E-state index contributed by atoms with van der Waals surface area (Å²) in [6, 6.07) is 0. The summed E-state index contributed by atoms with van der Waals surface area (Å²) in [6.45, 7) is 4.43. The van der Waals surface area contributed by atoms with Crippen molar-refractivity contribution in [2.75, 3.05) is 0 Å². The average Bonchev–Trinajstić information content (AvgIpc) is 2.78. The number of Topliss-reactive ketones (excluding diaryl/α,β-unsaturated/α-hetero) is 1. The highest BCUT2D eigenvalue weighted by molar-refractivity contribution is 5.90. The normalized spacial score (nSPS) is 18.6. The Kier molecular flexibility index (Phi) is 1.71. The van der Waals surface area contributed by atoms with Crippen LogP contribution >= 0.6 is 0 Å². The van der Waals surface area contributed by atoms with Crippen LogP contribution in [0.4, 0.5) is 0 Å². The van der Waals surface area contributed by atoms with Crippen LogP contribution in [0.1, 0.15) is 32.5 Å². The molecule has 13 heavy (non-hydrogen) atoms. The monoisotopic (exact) mass is 179 g/mol. The molecule has 1 fully saturated rings. The van der Waals surface area contributed by atoms with Gasteiger partial charge in [0.2, 0.25) is 0 Å². The molecule has 0 spiro atoms. The van der Waals surface area contributed by atoms with E-state index in [1.165, 1.54) is 6.33 Å². The Balaban J connectivity index is 2.40. The number of nitrogens with zero attached hydrogens (tertiary/aromatic N) is 3. The van der Waals surface area contributed by atoms with Crippen molar-refractivity contribution in [3.63, 3.8) is 0 Å². The van der Waals surface area contributed by atoms with E-state index in [1.54, 1.807) is 6.92 Å². The lowest BCUT2D eigenvalue weighted by atomic mass is 10.0. The molecule has 1 aliphatic rings. The fourth-order valence-electron chi connectivity index (χ4n) is 1.72. The van der Waals surface area contributed by atoms with Gasteiger partial charge in [-0.2, -0.15) is 5.10 Å². The maximum Gasteiger partial charge on any atom is 0.143 e. The van der Waals surface area contributed by atoms with Gasteiger partial charge in [-0.25, -0.2) is 9.67 Å². The van der Waals surface area contributed by atoms with E-state index in [4.69, 9.17) is 0 Å². The lowest BCUT2D eigenvalue weighted by Crippen LogP contribution is -2.22. The molecule has 0 N–H and O–H groups in total. The minimum Gasteiger partial charge on any atom is -0.299 e. The molecule has 0 aromatic carbocycles. The molecule has 1 aliphatic carbocycles. The first kappa shape index (κ1) is 8.41. The van der Waals surface area contributed by atoms with Crippen molar-refractivity contribution < 1.29 is 4.79 Å². The highest BCUT2D eigenvalue weighted by Crippen LogP contribution is 2.47. The van der Waals surface area contributed by atoms with Crippen LogP contribution in [0.5, 0.6) is 0 Å². The van der Waals surface area contributed by atoms with Gasteiger partial charge in [0.15, 0.2) is 0 Å². The number of aryl methyl sites for hydroxylation is 1. The molecule has 4 heteroatoms. The van der Waals surface area contributed by atoms with Gasteiger partial charge in [0.1, 0.15) is 17.9 Å². The summed E-state index contributed by atoms with van der Waals surface area (Å²) in [5, 5.41) is 4.08. The van der Waals surface area contributed by atoms with Crippen LogP contribution in [-0.4, -0.2) is 20.5 Å². The highest BCUT2D eigenvalue weighted by Gasteiger charge is 2.52. The van der Waals surface area contributed by atoms with Crippen molar-refractivity contribution in [3.8, 4) is 0 Å². The molecule has 70 valence electrons. The third-order valence-corrected chi connectivity index (χ3v) is 2.77. The van der Waals surface area contributed by atoms with Gasteiger partial charge in [-0.3, -0.25) is 4.79 Å². The summed E-state index contributed by atoms with van der Waals surface area (Å²) in [6.07, 6.45) is 3.39. The Morgan fingerprint density at radius 1 is 1.69 bits per heavy atom. The maximum absolute atomic E-state index is 11.4. The van der Waals surface area contributed by atoms with Crippen LogP contribution in [0, 0.1) is 0 Å². The molecule has 2 rings (SSSR count). The van der Waals surface area contributed by atoms with E-state index in [2.05, 4.69) is 10.1 Å². The summed E-state index contributed by atoms with van der Waals surface area (Å²) in [4.78, 5) is 15.6. The van der Waals surface area contributed by atoms with E-state index in [0.29, 0.717) is 0 Å². The van der Waals surface area contributed by atoms with Crippen molar-refractivity contribution in [3.05, 3.63) is 12.2 Å². The third-order valence-electron chi connectivity index (χ3n) is 2.77. The van der Waals surface area contributed by atoms with Crippen LogP contribution < -0.4 is 0 Å². The molecule has 0 radical (unpaired) electrons. The van der Waals surface area contributed by atoms with E-state index >= 15 is 0 Å². The third kappa shape index (κ3) is 1.08. The van der Waals surface area contributed by atoms with Gasteiger partial charge >= 0.3 is 0 Å². The Bertz CT molecular complexity index is 338. The average molecular weight is 179 g/mol. The van der Waals surface area contributed by atoms with Gasteiger partial charge in [-0.1, -0.05) is 0 Å². The van der Waals surface area contributed by atoms with E-state index in [-0.39, 0.29) is 11.2 Å². The summed E-state index contributed by atoms with van der Waals surface area (Å²) in [7, 11) is 0.